The third-order valence-electron chi connectivity index (χ3n) is 3.48. The minimum Gasteiger partial charge on any atom is -0.326 e. The molecule has 1 aliphatic rings. The molecule has 0 spiro atoms. The van der Waals surface area contributed by atoms with Crippen molar-refractivity contribution < 1.29 is 0 Å². The van der Waals surface area contributed by atoms with E-state index in [0.29, 0.717) is 12.5 Å². The average molecular weight is 242 g/mol. The molecule has 0 saturated heterocycles. The van der Waals surface area contributed by atoms with Crippen molar-refractivity contribution in [1.29, 1.82) is 0 Å². The van der Waals surface area contributed by atoms with E-state index in [-0.39, 0.29) is 0 Å². The van der Waals surface area contributed by atoms with Crippen LogP contribution < -0.4 is 5.73 Å². The molecule has 3 rings (SSSR count). The Hall–Kier alpha value is -1.68. The summed E-state index contributed by atoms with van der Waals surface area (Å²) in [6.07, 6.45) is 4.52. The van der Waals surface area contributed by atoms with Gasteiger partial charge in [0.1, 0.15) is 0 Å². The third-order valence-corrected chi connectivity index (χ3v) is 3.48. The van der Waals surface area contributed by atoms with Crippen LogP contribution in [0.1, 0.15) is 41.3 Å². The molecule has 0 unspecified atom stereocenters. The first-order chi connectivity index (χ1) is 8.69. The predicted molar refractivity (Wildman–Crippen MR) is 70.7 cm³/mol. The lowest BCUT2D eigenvalue weighted by atomic mass is 10.1. The van der Waals surface area contributed by atoms with Gasteiger partial charge in [-0.05, 0) is 44.4 Å². The van der Waals surface area contributed by atoms with Gasteiger partial charge in [-0.1, -0.05) is 0 Å². The van der Waals surface area contributed by atoms with Crippen LogP contribution in [-0.4, -0.2) is 14.8 Å². The van der Waals surface area contributed by atoms with Gasteiger partial charge in [0, 0.05) is 29.9 Å². The summed E-state index contributed by atoms with van der Waals surface area (Å²) < 4.78 is 1.87. The largest absolute Gasteiger partial charge is 0.326 e. The highest BCUT2D eigenvalue weighted by atomic mass is 15.3. The number of pyridine rings is 1. The minimum atomic E-state index is 0.493. The van der Waals surface area contributed by atoms with Gasteiger partial charge >= 0.3 is 0 Å². The summed E-state index contributed by atoms with van der Waals surface area (Å²) in [6.45, 7) is 4.57. The first kappa shape index (κ1) is 11.4. The Labute approximate surface area is 107 Å². The normalized spacial score (nSPS) is 15.1. The zero-order valence-electron chi connectivity index (χ0n) is 10.8. The standard InChI is InChI=1S/C14H18N4/c1-9-7-10(2)16-14(12(9)8-15)18-6-5-13(17-18)11-3-4-11/h5-7,11H,3-4,8,15H2,1-2H3. The minimum absolute atomic E-state index is 0.493. The summed E-state index contributed by atoms with van der Waals surface area (Å²) in [7, 11) is 0. The summed E-state index contributed by atoms with van der Waals surface area (Å²) in [5.74, 6) is 1.54. The van der Waals surface area contributed by atoms with E-state index in [1.165, 1.54) is 24.1 Å². The van der Waals surface area contributed by atoms with Crippen molar-refractivity contribution in [3.8, 4) is 5.82 Å². The molecule has 1 saturated carbocycles. The Morgan fingerprint density at radius 2 is 2.17 bits per heavy atom. The lowest BCUT2D eigenvalue weighted by molar-refractivity contribution is 0.788. The molecule has 0 aromatic carbocycles. The molecule has 0 amide bonds. The van der Waals surface area contributed by atoms with Crippen molar-refractivity contribution in [2.45, 2.75) is 39.2 Å². The number of nitrogens with zero attached hydrogens (tertiary/aromatic N) is 3. The van der Waals surface area contributed by atoms with Crippen LogP contribution in [0, 0.1) is 13.8 Å². The van der Waals surface area contributed by atoms with Crippen molar-refractivity contribution >= 4 is 0 Å². The fourth-order valence-electron chi connectivity index (χ4n) is 2.34. The van der Waals surface area contributed by atoms with Gasteiger partial charge in [0.15, 0.2) is 5.82 Å². The molecular formula is C14H18N4. The Balaban J connectivity index is 2.08. The molecule has 2 heterocycles. The fourth-order valence-corrected chi connectivity index (χ4v) is 2.34. The van der Waals surface area contributed by atoms with Crippen LogP contribution in [0.15, 0.2) is 18.3 Å². The van der Waals surface area contributed by atoms with E-state index in [2.05, 4.69) is 29.1 Å². The summed E-state index contributed by atoms with van der Waals surface area (Å²) in [4.78, 5) is 4.59. The zero-order chi connectivity index (χ0) is 12.7. The second-order valence-corrected chi connectivity index (χ2v) is 5.05. The van der Waals surface area contributed by atoms with E-state index < -0.39 is 0 Å². The van der Waals surface area contributed by atoms with Crippen LogP contribution in [-0.2, 0) is 6.54 Å². The van der Waals surface area contributed by atoms with Gasteiger partial charge in [-0.15, -0.1) is 0 Å². The van der Waals surface area contributed by atoms with E-state index in [1.54, 1.807) is 0 Å². The molecule has 0 atom stereocenters. The summed E-state index contributed by atoms with van der Waals surface area (Å²) >= 11 is 0. The summed E-state index contributed by atoms with van der Waals surface area (Å²) in [6, 6.07) is 4.16. The molecular weight excluding hydrogens is 224 g/mol. The average Bonchev–Trinajstić information content (AvgIpc) is 3.06. The van der Waals surface area contributed by atoms with Crippen LogP contribution in [0.3, 0.4) is 0 Å². The highest BCUT2D eigenvalue weighted by molar-refractivity contribution is 5.41. The smallest absolute Gasteiger partial charge is 0.158 e. The molecule has 18 heavy (non-hydrogen) atoms. The maximum absolute atomic E-state index is 5.84. The van der Waals surface area contributed by atoms with Gasteiger partial charge in [0.25, 0.3) is 0 Å². The van der Waals surface area contributed by atoms with Crippen molar-refractivity contribution in [1.82, 2.24) is 14.8 Å². The SMILES string of the molecule is Cc1cc(C)c(CN)c(-n2ccc(C3CC3)n2)n1. The van der Waals surface area contributed by atoms with Crippen LogP contribution in [0.25, 0.3) is 5.82 Å². The Morgan fingerprint density at radius 1 is 1.39 bits per heavy atom. The van der Waals surface area contributed by atoms with Crippen LogP contribution in [0.5, 0.6) is 0 Å². The van der Waals surface area contributed by atoms with Gasteiger partial charge in [-0.3, -0.25) is 0 Å². The molecule has 0 radical (unpaired) electrons. The van der Waals surface area contributed by atoms with Crippen LogP contribution in [0.4, 0.5) is 0 Å². The number of aryl methyl sites for hydroxylation is 2. The van der Waals surface area contributed by atoms with E-state index in [1.807, 2.05) is 17.8 Å². The highest BCUT2D eigenvalue weighted by Crippen LogP contribution is 2.39. The molecule has 2 N–H and O–H groups in total. The maximum Gasteiger partial charge on any atom is 0.158 e. The topological polar surface area (TPSA) is 56.7 Å². The van der Waals surface area contributed by atoms with Crippen molar-refractivity contribution in [3.63, 3.8) is 0 Å². The van der Waals surface area contributed by atoms with Crippen molar-refractivity contribution in [2.75, 3.05) is 0 Å². The maximum atomic E-state index is 5.84. The van der Waals surface area contributed by atoms with Crippen molar-refractivity contribution in [3.05, 3.63) is 40.8 Å². The number of rotatable bonds is 3. The third kappa shape index (κ3) is 1.93. The Bertz CT molecular complexity index is 581. The van der Waals surface area contributed by atoms with E-state index in [4.69, 9.17) is 5.73 Å². The number of nitrogens with two attached hydrogens (primary N) is 1. The van der Waals surface area contributed by atoms with E-state index >= 15 is 0 Å². The quantitative estimate of drug-likeness (QED) is 0.897. The molecule has 2 aromatic rings. The molecule has 4 nitrogen and oxygen atoms in total. The van der Waals surface area contributed by atoms with Gasteiger partial charge in [-0.25, -0.2) is 9.67 Å². The molecule has 0 bridgehead atoms. The first-order valence-corrected chi connectivity index (χ1v) is 6.42. The highest BCUT2D eigenvalue weighted by Gasteiger charge is 2.26. The molecule has 1 aliphatic carbocycles. The molecule has 4 heteroatoms. The fraction of sp³-hybridized carbons (Fsp3) is 0.429. The second kappa shape index (κ2) is 4.21. The Morgan fingerprint density at radius 3 is 2.83 bits per heavy atom. The van der Waals surface area contributed by atoms with Crippen LogP contribution in [0.2, 0.25) is 0 Å². The number of hydrogen-bond donors (Lipinski definition) is 1. The number of aromatic nitrogens is 3. The van der Waals surface area contributed by atoms with E-state index in [9.17, 15) is 0 Å². The van der Waals surface area contributed by atoms with Gasteiger partial charge < -0.3 is 5.73 Å². The second-order valence-electron chi connectivity index (χ2n) is 5.05. The molecule has 94 valence electrons. The van der Waals surface area contributed by atoms with Gasteiger partial charge in [-0.2, -0.15) is 5.10 Å². The van der Waals surface area contributed by atoms with E-state index in [0.717, 1.165) is 17.1 Å². The lowest BCUT2D eigenvalue weighted by Crippen LogP contribution is -2.10. The summed E-state index contributed by atoms with van der Waals surface area (Å²) in [5.41, 5.74) is 10.3. The zero-order valence-corrected chi connectivity index (χ0v) is 10.8. The summed E-state index contributed by atoms with van der Waals surface area (Å²) in [5, 5.41) is 4.63. The first-order valence-electron chi connectivity index (χ1n) is 6.42. The van der Waals surface area contributed by atoms with Gasteiger partial charge in [0.2, 0.25) is 0 Å². The molecule has 2 aromatic heterocycles. The predicted octanol–water partition coefficient (Wildman–Crippen LogP) is 2.22. The monoisotopic (exact) mass is 242 g/mol. The number of hydrogen-bond acceptors (Lipinski definition) is 3. The lowest BCUT2D eigenvalue weighted by Gasteiger charge is -2.11. The van der Waals surface area contributed by atoms with Crippen LogP contribution >= 0.6 is 0 Å². The Kier molecular flexibility index (Phi) is 2.67. The van der Waals surface area contributed by atoms with Crippen molar-refractivity contribution in [2.24, 2.45) is 5.73 Å². The van der Waals surface area contributed by atoms with Gasteiger partial charge in [0.05, 0.1) is 5.69 Å². The molecule has 1 fully saturated rings. The molecule has 0 aliphatic heterocycles.